The van der Waals surface area contributed by atoms with Gasteiger partial charge in [-0.15, -0.1) is 0 Å². The molecule has 0 saturated heterocycles. The molecule has 3 atom stereocenters. The number of hydrogen-bond donors (Lipinski definition) is 1. The number of hydrogen-bond acceptors (Lipinski definition) is 1. The fourth-order valence-electron chi connectivity index (χ4n) is 3.30. The number of aliphatic hydroxyl groups is 1. The summed E-state index contributed by atoms with van der Waals surface area (Å²) >= 11 is 0. The van der Waals surface area contributed by atoms with Gasteiger partial charge in [0.05, 0.1) is 6.10 Å². The standard InChI is InChI=1S/C21H34O/c1-8-9-17(18-13-19(18)22)14-10-15(20(2,3)4)12-16(11-14)21(5,6)7/h10-12,17-19,22H,8-9,13H2,1-7H3/t17-,18-,19?/m1/s1. The molecule has 2 rings (SSSR count). The van der Waals surface area contributed by atoms with Gasteiger partial charge in [0.2, 0.25) is 0 Å². The minimum Gasteiger partial charge on any atom is -0.393 e. The van der Waals surface area contributed by atoms with Gasteiger partial charge in [-0.1, -0.05) is 73.1 Å². The van der Waals surface area contributed by atoms with E-state index in [2.05, 4.69) is 66.7 Å². The third-order valence-electron chi connectivity index (χ3n) is 5.04. The van der Waals surface area contributed by atoms with Crippen molar-refractivity contribution < 1.29 is 5.11 Å². The normalized spacial score (nSPS) is 23.5. The molecule has 1 aliphatic carbocycles. The van der Waals surface area contributed by atoms with E-state index in [-0.39, 0.29) is 16.9 Å². The molecule has 1 fully saturated rings. The molecule has 1 N–H and O–H groups in total. The first-order chi connectivity index (χ1) is 10.0. The third-order valence-corrected chi connectivity index (χ3v) is 5.04. The Morgan fingerprint density at radius 3 is 1.77 bits per heavy atom. The molecule has 0 spiro atoms. The van der Waals surface area contributed by atoms with Gasteiger partial charge >= 0.3 is 0 Å². The fourth-order valence-corrected chi connectivity index (χ4v) is 3.30. The van der Waals surface area contributed by atoms with E-state index in [0.717, 1.165) is 6.42 Å². The topological polar surface area (TPSA) is 20.2 Å². The maximum atomic E-state index is 9.94. The Labute approximate surface area is 137 Å². The highest BCUT2D eigenvalue weighted by Crippen LogP contribution is 2.46. The average molecular weight is 303 g/mol. The van der Waals surface area contributed by atoms with Crippen LogP contribution in [0, 0.1) is 5.92 Å². The predicted molar refractivity (Wildman–Crippen MR) is 95.6 cm³/mol. The van der Waals surface area contributed by atoms with Crippen molar-refractivity contribution in [1.82, 2.24) is 0 Å². The van der Waals surface area contributed by atoms with Crippen LogP contribution in [0.4, 0.5) is 0 Å². The zero-order chi connectivity index (χ0) is 16.7. The summed E-state index contributed by atoms with van der Waals surface area (Å²) in [6.45, 7) is 16.0. The average Bonchev–Trinajstić information content (AvgIpc) is 3.10. The summed E-state index contributed by atoms with van der Waals surface area (Å²) in [6.07, 6.45) is 3.26. The van der Waals surface area contributed by atoms with Crippen molar-refractivity contribution >= 4 is 0 Å². The Morgan fingerprint density at radius 2 is 1.45 bits per heavy atom. The van der Waals surface area contributed by atoms with Gasteiger partial charge in [0.25, 0.3) is 0 Å². The zero-order valence-corrected chi connectivity index (χ0v) is 15.5. The Balaban J connectivity index is 2.49. The Hall–Kier alpha value is -0.820. The molecular formula is C21H34O. The summed E-state index contributed by atoms with van der Waals surface area (Å²) in [7, 11) is 0. The van der Waals surface area contributed by atoms with Gasteiger partial charge < -0.3 is 5.11 Å². The molecule has 0 heterocycles. The van der Waals surface area contributed by atoms with Crippen LogP contribution in [0.25, 0.3) is 0 Å². The van der Waals surface area contributed by atoms with Gasteiger partial charge in [0.15, 0.2) is 0 Å². The molecule has 1 aromatic rings. The van der Waals surface area contributed by atoms with E-state index < -0.39 is 0 Å². The molecule has 1 saturated carbocycles. The minimum absolute atomic E-state index is 0.0760. The van der Waals surface area contributed by atoms with Crippen LogP contribution in [-0.2, 0) is 10.8 Å². The highest BCUT2D eigenvalue weighted by molar-refractivity contribution is 5.39. The molecule has 1 unspecified atom stereocenters. The second-order valence-electron chi connectivity index (χ2n) is 9.21. The third kappa shape index (κ3) is 3.93. The van der Waals surface area contributed by atoms with Gasteiger partial charge in [0.1, 0.15) is 0 Å². The lowest BCUT2D eigenvalue weighted by atomic mass is 9.77. The molecule has 1 nitrogen and oxygen atoms in total. The SMILES string of the molecule is CCC[C@H](c1cc(C(C)(C)C)cc(C(C)(C)C)c1)[C@H]1CC1O. The van der Waals surface area contributed by atoms with Crippen molar-refractivity contribution in [3.8, 4) is 0 Å². The largest absolute Gasteiger partial charge is 0.393 e. The molecular weight excluding hydrogens is 268 g/mol. The summed E-state index contributed by atoms with van der Waals surface area (Å²) in [6, 6.07) is 7.19. The Bertz CT molecular complexity index is 483. The van der Waals surface area contributed by atoms with E-state index in [0.29, 0.717) is 11.8 Å². The van der Waals surface area contributed by atoms with E-state index in [1.165, 1.54) is 29.5 Å². The van der Waals surface area contributed by atoms with Crippen molar-refractivity contribution in [2.45, 2.75) is 90.6 Å². The zero-order valence-electron chi connectivity index (χ0n) is 15.5. The molecule has 0 amide bonds. The molecule has 1 aliphatic rings. The lowest BCUT2D eigenvalue weighted by Gasteiger charge is -2.28. The van der Waals surface area contributed by atoms with E-state index in [9.17, 15) is 5.11 Å². The van der Waals surface area contributed by atoms with Crippen molar-refractivity contribution in [1.29, 1.82) is 0 Å². The van der Waals surface area contributed by atoms with Gasteiger partial charge in [-0.05, 0) is 52.2 Å². The van der Waals surface area contributed by atoms with Crippen molar-refractivity contribution in [2.75, 3.05) is 0 Å². The van der Waals surface area contributed by atoms with Crippen LogP contribution in [0.1, 0.15) is 90.3 Å². The van der Waals surface area contributed by atoms with Crippen molar-refractivity contribution in [3.63, 3.8) is 0 Å². The first-order valence-corrected chi connectivity index (χ1v) is 8.88. The molecule has 0 aliphatic heterocycles. The summed E-state index contributed by atoms with van der Waals surface area (Å²) in [4.78, 5) is 0. The van der Waals surface area contributed by atoms with Gasteiger partial charge in [-0.2, -0.15) is 0 Å². The van der Waals surface area contributed by atoms with Crippen LogP contribution in [0.2, 0.25) is 0 Å². The van der Waals surface area contributed by atoms with E-state index in [4.69, 9.17) is 0 Å². The minimum atomic E-state index is -0.0760. The number of benzene rings is 1. The summed E-state index contributed by atoms with van der Waals surface area (Å²) in [5.74, 6) is 0.992. The quantitative estimate of drug-likeness (QED) is 0.773. The molecule has 0 aromatic heterocycles. The summed E-state index contributed by atoms with van der Waals surface area (Å²) in [5.41, 5.74) is 4.61. The van der Waals surface area contributed by atoms with Crippen LogP contribution in [0.5, 0.6) is 0 Å². The maximum absolute atomic E-state index is 9.94. The first-order valence-electron chi connectivity index (χ1n) is 8.88. The van der Waals surface area contributed by atoms with Gasteiger partial charge in [-0.3, -0.25) is 0 Å². The first kappa shape index (κ1) is 17.5. The van der Waals surface area contributed by atoms with E-state index >= 15 is 0 Å². The Kier molecular flexibility index (Phi) is 4.78. The van der Waals surface area contributed by atoms with Crippen LogP contribution < -0.4 is 0 Å². The molecule has 22 heavy (non-hydrogen) atoms. The van der Waals surface area contributed by atoms with Crippen LogP contribution >= 0.6 is 0 Å². The van der Waals surface area contributed by atoms with E-state index in [1.54, 1.807) is 0 Å². The molecule has 1 aromatic carbocycles. The highest BCUT2D eigenvalue weighted by Gasteiger charge is 2.42. The lowest BCUT2D eigenvalue weighted by molar-refractivity contribution is 0.248. The van der Waals surface area contributed by atoms with Crippen molar-refractivity contribution in [3.05, 3.63) is 34.9 Å². The maximum Gasteiger partial charge on any atom is 0.0579 e. The van der Waals surface area contributed by atoms with Gasteiger partial charge in [-0.25, -0.2) is 0 Å². The summed E-state index contributed by atoms with van der Waals surface area (Å²) < 4.78 is 0. The lowest BCUT2D eigenvalue weighted by Crippen LogP contribution is -2.18. The van der Waals surface area contributed by atoms with Crippen LogP contribution in [0.15, 0.2) is 18.2 Å². The second kappa shape index (κ2) is 6.00. The van der Waals surface area contributed by atoms with Crippen LogP contribution in [-0.4, -0.2) is 11.2 Å². The predicted octanol–water partition coefficient (Wildman–Crippen LogP) is 5.55. The monoisotopic (exact) mass is 302 g/mol. The van der Waals surface area contributed by atoms with E-state index in [1.807, 2.05) is 0 Å². The van der Waals surface area contributed by atoms with Crippen molar-refractivity contribution in [2.24, 2.45) is 5.92 Å². The summed E-state index contributed by atoms with van der Waals surface area (Å²) in [5, 5.41) is 9.94. The molecule has 0 radical (unpaired) electrons. The second-order valence-corrected chi connectivity index (χ2v) is 9.21. The molecule has 1 heteroatoms. The fraction of sp³-hybridized carbons (Fsp3) is 0.714. The highest BCUT2D eigenvalue weighted by atomic mass is 16.3. The Morgan fingerprint density at radius 1 is 1.00 bits per heavy atom. The molecule has 0 bridgehead atoms. The smallest absolute Gasteiger partial charge is 0.0579 e. The van der Waals surface area contributed by atoms with Gasteiger partial charge in [0, 0.05) is 0 Å². The number of aliphatic hydroxyl groups excluding tert-OH is 1. The number of rotatable bonds is 4. The molecule has 124 valence electrons. The van der Waals surface area contributed by atoms with Crippen LogP contribution in [0.3, 0.4) is 0 Å².